The molecule has 4 rings (SSSR count). The fourth-order valence-electron chi connectivity index (χ4n) is 3.91. The summed E-state index contributed by atoms with van der Waals surface area (Å²) in [6.45, 7) is 0.197. The second-order valence-electron chi connectivity index (χ2n) is 7.38. The number of benzene rings is 1. The van der Waals surface area contributed by atoms with Crippen LogP contribution in [0.5, 0.6) is 5.75 Å². The minimum absolute atomic E-state index is 0.0828. The van der Waals surface area contributed by atoms with Crippen molar-refractivity contribution in [3.8, 4) is 22.9 Å². The normalized spacial score (nSPS) is 19.9. The molecule has 158 valence electrons. The van der Waals surface area contributed by atoms with Crippen molar-refractivity contribution in [2.45, 2.75) is 24.4 Å². The molecule has 0 aliphatic heterocycles. The van der Waals surface area contributed by atoms with Crippen LogP contribution in [0.25, 0.3) is 11.1 Å². The number of alkyl halides is 1. The number of nitriles is 1. The molecule has 0 atom stereocenters. The predicted molar refractivity (Wildman–Crippen MR) is 107 cm³/mol. The largest absolute Gasteiger partial charge is 0.495 e. The van der Waals surface area contributed by atoms with Crippen LogP contribution in [0, 0.1) is 23.0 Å². The summed E-state index contributed by atoms with van der Waals surface area (Å²) >= 11 is 0. The molecule has 0 amide bonds. The van der Waals surface area contributed by atoms with Gasteiger partial charge < -0.3 is 10.1 Å². The van der Waals surface area contributed by atoms with Gasteiger partial charge >= 0.3 is 0 Å². The van der Waals surface area contributed by atoms with Gasteiger partial charge in [0.2, 0.25) is 5.95 Å². The van der Waals surface area contributed by atoms with E-state index < -0.39 is 23.2 Å². The van der Waals surface area contributed by atoms with Gasteiger partial charge in [-0.2, -0.15) is 5.26 Å². The van der Waals surface area contributed by atoms with Crippen LogP contribution in [-0.4, -0.2) is 34.8 Å². The van der Waals surface area contributed by atoms with Crippen LogP contribution in [0.1, 0.15) is 24.1 Å². The van der Waals surface area contributed by atoms with Gasteiger partial charge in [-0.05, 0) is 37.1 Å². The molecule has 2 heterocycles. The topological polar surface area (TPSA) is 83.7 Å². The summed E-state index contributed by atoms with van der Waals surface area (Å²) in [5.41, 5.74) is 0.0251. The van der Waals surface area contributed by atoms with Gasteiger partial charge in [0.1, 0.15) is 29.6 Å². The van der Waals surface area contributed by atoms with Crippen LogP contribution in [-0.2, 0) is 5.41 Å². The Balaban J connectivity index is 1.56. The van der Waals surface area contributed by atoms with Crippen LogP contribution in [0.15, 0.2) is 42.9 Å². The highest BCUT2D eigenvalue weighted by molar-refractivity contribution is 5.73. The van der Waals surface area contributed by atoms with E-state index in [0.29, 0.717) is 5.56 Å². The average molecular weight is 425 g/mol. The number of anilines is 1. The Kier molecular flexibility index (Phi) is 5.46. The zero-order valence-corrected chi connectivity index (χ0v) is 16.6. The first-order chi connectivity index (χ1) is 15.0. The molecule has 1 aromatic carbocycles. The third-order valence-electron chi connectivity index (χ3n) is 5.44. The average Bonchev–Trinajstić information content (AvgIpc) is 2.76. The van der Waals surface area contributed by atoms with Gasteiger partial charge in [-0.15, -0.1) is 0 Å². The highest BCUT2D eigenvalue weighted by Gasteiger charge is 2.48. The first kappa shape index (κ1) is 20.6. The number of nitrogens with one attached hydrogen (secondary N) is 1. The molecule has 0 radical (unpaired) electrons. The summed E-state index contributed by atoms with van der Waals surface area (Å²) in [5.74, 6) is -0.738. The molecular formula is C22H18F3N5O. The monoisotopic (exact) mass is 425 g/mol. The summed E-state index contributed by atoms with van der Waals surface area (Å²) in [6, 6.07) is 7.26. The lowest BCUT2D eigenvalue weighted by atomic mass is 9.65. The Morgan fingerprint density at radius 1 is 1.16 bits per heavy atom. The molecule has 9 heteroatoms. The Labute approximate surface area is 176 Å². The van der Waals surface area contributed by atoms with E-state index >= 15 is 0 Å². The van der Waals surface area contributed by atoms with Crippen molar-refractivity contribution in [2.24, 2.45) is 0 Å². The Bertz CT molecular complexity index is 1140. The highest BCUT2D eigenvalue weighted by Crippen LogP contribution is 2.45. The molecule has 1 saturated carbocycles. The molecule has 1 aliphatic carbocycles. The molecule has 2 aromatic heterocycles. The maximum atomic E-state index is 14.4. The molecule has 0 saturated heterocycles. The molecule has 3 aromatic rings. The second kappa shape index (κ2) is 8.22. The first-order valence-electron chi connectivity index (χ1n) is 9.55. The molecule has 0 bridgehead atoms. The summed E-state index contributed by atoms with van der Waals surface area (Å²) in [6.07, 6.45) is 3.54. The third kappa shape index (κ3) is 3.77. The Morgan fingerprint density at radius 2 is 1.90 bits per heavy atom. The van der Waals surface area contributed by atoms with Gasteiger partial charge in [0.15, 0.2) is 0 Å². The number of nitrogens with zero attached hydrogens (tertiary/aromatic N) is 4. The van der Waals surface area contributed by atoms with Crippen molar-refractivity contribution in [1.29, 1.82) is 5.26 Å². The Morgan fingerprint density at radius 3 is 2.52 bits per heavy atom. The number of rotatable bonds is 6. The Hall–Kier alpha value is -3.67. The van der Waals surface area contributed by atoms with E-state index in [1.807, 2.05) is 6.07 Å². The quantitative estimate of drug-likeness (QED) is 0.638. The van der Waals surface area contributed by atoms with Crippen LogP contribution >= 0.6 is 0 Å². The van der Waals surface area contributed by atoms with E-state index in [9.17, 15) is 18.4 Å². The van der Waals surface area contributed by atoms with Crippen molar-refractivity contribution < 1.29 is 17.9 Å². The summed E-state index contributed by atoms with van der Waals surface area (Å²) in [5, 5.41) is 12.2. The van der Waals surface area contributed by atoms with Gasteiger partial charge in [0.05, 0.1) is 23.9 Å². The van der Waals surface area contributed by atoms with Gasteiger partial charge in [0, 0.05) is 36.1 Å². The van der Waals surface area contributed by atoms with Crippen LogP contribution in [0.3, 0.4) is 0 Å². The van der Waals surface area contributed by atoms with E-state index in [1.54, 1.807) is 0 Å². The zero-order chi connectivity index (χ0) is 22.0. The molecule has 0 unspecified atom stereocenters. The fourth-order valence-corrected chi connectivity index (χ4v) is 3.91. The van der Waals surface area contributed by atoms with Gasteiger partial charge in [-0.25, -0.2) is 23.1 Å². The number of aromatic nitrogens is 3. The first-order valence-corrected chi connectivity index (χ1v) is 9.55. The van der Waals surface area contributed by atoms with E-state index in [2.05, 4.69) is 20.3 Å². The lowest BCUT2D eigenvalue weighted by Gasteiger charge is -2.43. The maximum Gasteiger partial charge on any atom is 0.222 e. The molecule has 6 nitrogen and oxygen atoms in total. The molecule has 1 N–H and O–H groups in total. The molecule has 1 fully saturated rings. The number of methoxy groups -OCH3 is 1. The van der Waals surface area contributed by atoms with Crippen molar-refractivity contribution >= 4 is 5.95 Å². The smallest absolute Gasteiger partial charge is 0.222 e. The second-order valence-corrected chi connectivity index (χ2v) is 7.38. The number of halogens is 3. The van der Waals surface area contributed by atoms with E-state index in [4.69, 9.17) is 4.74 Å². The fraction of sp³-hybridized carbons (Fsp3) is 0.273. The van der Waals surface area contributed by atoms with Gasteiger partial charge in [-0.1, -0.05) is 0 Å². The summed E-state index contributed by atoms with van der Waals surface area (Å²) < 4.78 is 47.6. The molecule has 1 aliphatic rings. The lowest BCUT2D eigenvalue weighted by molar-refractivity contribution is 0.0963. The van der Waals surface area contributed by atoms with Crippen LogP contribution in [0.2, 0.25) is 0 Å². The molecule has 31 heavy (non-hydrogen) atoms. The predicted octanol–water partition coefficient (Wildman–Crippen LogP) is 4.18. The summed E-state index contributed by atoms with van der Waals surface area (Å²) in [4.78, 5) is 12.5. The minimum atomic E-state index is -1.02. The van der Waals surface area contributed by atoms with E-state index in [-0.39, 0.29) is 47.9 Å². The van der Waals surface area contributed by atoms with Crippen molar-refractivity contribution in [1.82, 2.24) is 15.0 Å². The zero-order valence-electron chi connectivity index (χ0n) is 16.6. The standard InChI is InChI=1S/C22H18F3N5O/c1-31-19-13(9-26)4-5-16(24)18(19)14-10-28-21(29-11-14)30-12-22(7-15(23)8-22)20-17(25)3-2-6-27-20/h2-6,10-11,15H,7-8,12H2,1H3,(H,28,29,30). The third-order valence-corrected chi connectivity index (χ3v) is 5.44. The highest BCUT2D eigenvalue weighted by atomic mass is 19.1. The van der Waals surface area contributed by atoms with Crippen LogP contribution < -0.4 is 10.1 Å². The maximum absolute atomic E-state index is 14.4. The number of hydrogen-bond donors (Lipinski definition) is 1. The van der Waals surface area contributed by atoms with Crippen molar-refractivity contribution in [3.63, 3.8) is 0 Å². The molecule has 0 spiro atoms. The van der Waals surface area contributed by atoms with E-state index in [0.717, 1.165) is 0 Å². The molecular weight excluding hydrogens is 407 g/mol. The summed E-state index contributed by atoms with van der Waals surface area (Å²) in [7, 11) is 1.35. The number of pyridine rings is 1. The van der Waals surface area contributed by atoms with Crippen molar-refractivity contribution in [3.05, 3.63) is 65.7 Å². The van der Waals surface area contributed by atoms with E-state index in [1.165, 1.54) is 50.0 Å². The van der Waals surface area contributed by atoms with Crippen molar-refractivity contribution in [2.75, 3.05) is 19.0 Å². The van der Waals surface area contributed by atoms with Gasteiger partial charge in [-0.3, -0.25) is 4.98 Å². The number of hydrogen-bond acceptors (Lipinski definition) is 6. The SMILES string of the molecule is COc1c(C#N)ccc(F)c1-c1cnc(NCC2(c3ncccc3F)CC(F)C2)nc1. The number of ether oxygens (including phenoxy) is 1. The minimum Gasteiger partial charge on any atom is -0.495 e. The lowest BCUT2D eigenvalue weighted by Crippen LogP contribution is -2.49. The van der Waals surface area contributed by atoms with Crippen LogP contribution in [0.4, 0.5) is 19.1 Å². The van der Waals surface area contributed by atoms with Gasteiger partial charge in [0.25, 0.3) is 0 Å².